The number of nitrogens with one attached hydrogen (secondary N) is 1. The molecule has 0 fully saturated rings. The van der Waals surface area contributed by atoms with Gasteiger partial charge in [-0.1, -0.05) is 35.9 Å². The van der Waals surface area contributed by atoms with E-state index in [9.17, 15) is 4.79 Å². The van der Waals surface area contributed by atoms with Gasteiger partial charge in [0.1, 0.15) is 0 Å². The van der Waals surface area contributed by atoms with Crippen LogP contribution in [0.15, 0.2) is 47.4 Å². The van der Waals surface area contributed by atoms with E-state index in [1.165, 1.54) is 0 Å². The van der Waals surface area contributed by atoms with E-state index >= 15 is 0 Å². The molecular formula is C20H15ClN6O. The third kappa shape index (κ3) is 2.76. The maximum absolute atomic E-state index is 12.2. The van der Waals surface area contributed by atoms with E-state index in [0.717, 1.165) is 0 Å². The van der Waals surface area contributed by atoms with Crippen LogP contribution in [-0.2, 0) is 13.5 Å². The molecule has 0 saturated heterocycles. The van der Waals surface area contributed by atoms with Crippen molar-refractivity contribution in [3.63, 3.8) is 0 Å². The predicted molar refractivity (Wildman–Crippen MR) is 109 cm³/mol. The Labute approximate surface area is 168 Å². The average Bonchev–Trinajstić information content (AvgIpc) is 3.08. The number of hydrogen-bond donors (Lipinski definition) is 2. The van der Waals surface area contributed by atoms with Crippen molar-refractivity contribution in [1.29, 1.82) is 0 Å². The molecule has 0 aliphatic carbocycles. The number of nitrogens with zero attached hydrogens (tertiary/aromatic N) is 4. The van der Waals surface area contributed by atoms with E-state index in [0.29, 0.717) is 38.5 Å². The highest BCUT2D eigenvalue weighted by Gasteiger charge is 2.18. The van der Waals surface area contributed by atoms with Crippen molar-refractivity contribution in [2.75, 3.05) is 0 Å². The summed E-state index contributed by atoms with van der Waals surface area (Å²) in [4.78, 5) is 15.7. The first-order chi connectivity index (χ1) is 14.2. The minimum absolute atomic E-state index is 0.0750. The molecule has 0 spiro atoms. The molecule has 0 radical (unpaired) electrons. The number of benzene rings is 2. The van der Waals surface area contributed by atoms with Crippen molar-refractivity contribution >= 4 is 28.1 Å². The number of halogens is 1. The monoisotopic (exact) mass is 392 g/mol. The number of aryl methyl sites for hydroxylation is 1. The molecule has 0 aliphatic heterocycles. The maximum Gasteiger partial charge on any atom is 0.272 e. The van der Waals surface area contributed by atoms with Crippen molar-refractivity contribution in [2.45, 2.75) is 6.50 Å². The van der Waals surface area contributed by atoms with Crippen LogP contribution in [0.4, 0.5) is 5.69 Å². The van der Waals surface area contributed by atoms with Gasteiger partial charge in [0, 0.05) is 37.8 Å². The van der Waals surface area contributed by atoms with E-state index in [4.69, 9.17) is 26.6 Å². The molecule has 2 aromatic heterocycles. The van der Waals surface area contributed by atoms with Gasteiger partial charge >= 0.3 is 0 Å². The standard InChI is InChI=1S/C20H15ClN6O/c1-23-18-13(4-3-5-16(18)21)19-15(10-24-27(19)2)11-6-7-12-14(8-11)17(9-22)25-26-20(12)28/h3-8,10H,9,22H2,2H3,(H,26,28)/i9D2. The van der Waals surface area contributed by atoms with Gasteiger partial charge in [0.25, 0.3) is 5.56 Å². The number of fused-ring (bicyclic) bond motifs is 1. The SMILES string of the molecule is [2H]C([2H])(N)c1n[nH]c(=O)c2ccc(-c3cnn(C)c3-c3cccc(Cl)c3[N+]#[C-])cc12. The van der Waals surface area contributed by atoms with E-state index in [1.807, 2.05) is 0 Å². The summed E-state index contributed by atoms with van der Waals surface area (Å²) >= 11 is 6.22. The Morgan fingerprint density at radius 3 is 2.89 bits per heavy atom. The van der Waals surface area contributed by atoms with Crippen LogP contribution in [0.3, 0.4) is 0 Å². The topological polar surface area (TPSA) is 94.0 Å². The summed E-state index contributed by atoms with van der Waals surface area (Å²) in [5.41, 5.74) is 8.05. The lowest BCUT2D eigenvalue weighted by Gasteiger charge is -2.11. The Balaban J connectivity index is 2.02. The first-order valence-electron chi connectivity index (χ1n) is 9.23. The van der Waals surface area contributed by atoms with Crippen LogP contribution in [-0.4, -0.2) is 20.0 Å². The van der Waals surface area contributed by atoms with E-state index in [-0.39, 0.29) is 11.1 Å². The predicted octanol–water partition coefficient (Wildman–Crippen LogP) is 3.65. The fraction of sp³-hybridized carbons (Fsp3) is 0.100. The molecule has 0 unspecified atom stereocenters. The average molecular weight is 393 g/mol. The molecule has 2 heterocycles. The van der Waals surface area contributed by atoms with Crippen molar-refractivity contribution in [1.82, 2.24) is 20.0 Å². The molecular weight excluding hydrogens is 376 g/mol. The molecule has 2 aromatic carbocycles. The molecule has 4 aromatic rings. The van der Waals surface area contributed by atoms with Crippen LogP contribution in [0.2, 0.25) is 5.02 Å². The molecule has 0 aliphatic rings. The molecule has 138 valence electrons. The lowest BCUT2D eigenvalue weighted by atomic mass is 9.98. The Morgan fingerprint density at radius 1 is 1.32 bits per heavy atom. The fourth-order valence-electron chi connectivity index (χ4n) is 3.23. The summed E-state index contributed by atoms with van der Waals surface area (Å²) in [5.74, 6) is 0. The third-order valence-electron chi connectivity index (χ3n) is 4.53. The first-order valence-corrected chi connectivity index (χ1v) is 8.60. The molecule has 0 bridgehead atoms. The van der Waals surface area contributed by atoms with Gasteiger partial charge in [-0.05, 0) is 17.7 Å². The van der Waals surface area contributed by atoms with Gasteiger partial charge in [-0.15, -0.1) is 0 Å². The van der Waals surface area contributed by atoms with Gasteiger partial charge in [0.05, 0.1) is 29.5 Å². The molecule has 0 atom stereocenters. The van der Waals surface area contributed by atoms with Crippen molar-refractivity contribution in [3.05, 3.63) is 75.1 Å². The Morgan fingerprint density at radius 2 is 2.14 bits per heavy atom. The van der Waals surface area contributed by atoms with Crippen LogP contribution >= 0.6 is 11.6 Å². The van der Waals surface area contributed by atoms with Crippen LogP contribution in [0.25, 0.3) is 38.0 Å². The summed E-state index contributed by atoms with van der Waals surface area (Å²) in [7, 11) is 1.75. The minimum Gasteiger partial charge on any atom is -0.325 e. The molecule has 7 nitrogen and oxygen atoms in total. The lowest BCUT2D eigenvalue weighted by Crippen LogP contribution is -2.13. The summed E-state index contributed by atoms with van der Waals surface area (Å²) < 4.78 is 17.3. The molecule has 8 heteroatoms. The minimum atomic E-state index is -2.25. The number of aromatic amines is 1. The Hall–Kier alpha value is -3.47. The highest BCUT2D eigenvalue weighted by Crippen LogP contribution is 2.41. The van der Waals surface area contributed by atoms with Crippen LogP contribution in [0, 0.1) is 6.57 Å². The van der Waals surface area contributed by atoms with Crippen molar-refractivity contribution in [3.8, 4) is 22.4 Å². The first kappa shape index (κ1) is 15.6. The normalized spacial score (nSPS) is 12.5. The van der Waals surface area contributed by atoms with Crippen molar-refractivity contribution in [2.24, 2.45) is 12.8 Å². The van der Waals surface area contributed by atoms with Gasteiger partial charge in [-0.3, -0.25) is 9.48 Å². The highest BCUT2D eigenvalue weighted by atomic mass is 35.5. The summed E-state index contributed by atoms with van der Waals surface area (Å²) in [5, 5.41) is 11.3. The van der Waals surface area contributed by atoms with Gasteiger partial charge in [-0.25, -0.2) is 9.94 Å². The highest BCUT2D eigenvalue weighted by molar-refractivity contribution is 6.34. The van der Waals surface area contributed by atoms with Gasteiger partial charge in [0.2, 0.25) is 5.69 Å². The summed E-state index contributed by atoms with van der Waals surface area (Å²) in [6.07, 6.45) is 1.64. The zero-order valence-corrected chi connectivity index (χ0v) is 15.4. The van der Waals surface area contributed by atoms with Gasteiger partial charge in [-0.2, -0.15) is 10.2 Å². The molecule has 0 saturated carbocycles. The number of para-hydroxylation sites is 1. The smallest absolute Gasteiger partial charge is 0.272 e. The quantitative estimate of drug-likeness (QED) is 0.520. The van der Waals surface area contributed by atoms with Crippen LogP contribution in [0.5, 0.6) is 0 Å². The Kier molecular flexibility index (Phi) is 3.85. The molecule has 3 N–H and O–H groups in total. The number of nitrogens with two attached hydrogens (primary N) is 1. The number of rotatable bonds is 3. The maximum atomic E-state index is 12.2. The largest absolute Gasteiger partial charge is 0.325 e. The number of hydrogen-bond acceptors (Lipinski definition) is 4. The molecule has 0 amide bonds. The third-order valence-corrected chi connectivity index (χ3v) is 4.83. The molecule has 4 rings (SSSR count). The van der Waals surface area contributed by atoms with E-state index in [2.05, 4.69) is 20.1 Å². The van der Waals surface area contributed by atoms with Crippen LogP contribution < -0.4 is 11.3 Å². The zero-order valence-electron chi connectivity index (χ0n) is 16.7. The summed E-state index contributed by atoms with van der Waals surface area (Å²) in [6.45, 7) is 5.26. The van der Waals surface area contributed by atoms with Gasteiger partial charge in [0.15, 0.2) is 0 Å². The fourth-order valence-corrected chi connectivity index (χ4v) is 3.45. The second-order valence-electron chi connectivity index (χ2n) is 6.08. The van der Waals surface area contributed by atoms with E-state index < -0.39 is 12.1 Å². The second kappa shape index (κ2) is 6.93. The van der Waals surface area contributed by atoms with Gasteiger partial charge < -0.3 is 5.73 Å². The lowest BCUT2D eigenvalue weighted by molar-refractivity contribution is 0.776. The number of H-pyrrole nitrogens is 1. The summed E-state index contributed by atoms with van der Waals surface area (Å²) in [6, 6.07) is 10.2. The Bertz CT molecular complexity index is 1400. The number of aromatic nitrogens is 4. The molecule has 28 heavy (non-hydrogen) atoms. The van der Waals surface area contributed by atoms with Crippen molar-refractivity contribution < 1.29 is 2.74 Å². The van der Waals surface area contributed by atoms with E-state index in [1.54, 1.807) is 54.3 Å². The zero-order chi connectivity index (χ0) is 21.6. The second-order valence-corrected chi connectivity index (χ2v) is 6.49. The van der Waals surface area contributed by atoms with Crippen LogP contribution in [0.1, 0.15) is 8.44 Å².